The molecule has 1 rings (SSSR count). The van der Waals surface area contributed by atoms with Gasteiger partial charge in [-0.3, -0.25) is 0 Å². The van der Waals surface area contributed by atoms with E-state index in [2.05, 4.69) is 17.1 Å². The molecule has 0 heterocycles. The Morgan fingerprint density at radius 1 is 1.60 bits per heavy atom. The highest BCUT2D eigenvalue weighted by Crippen LogP contribution is 2.09. The number of nitrogens with two attached hydrogens (primary N) is 1. The Morgan fingerprint density at radius 2 is 2.30 bits per heavy atom. The minimum Gasteiger partial charge on any atom is -0.378 e. The number of rotatable bonds is 1. The van der Waals surface area contributed by atoms with Crippen LogP contribution in [-0.2, 0) is 0 Å². The Bertz CT molecular complexity index is 168. The van der Waals surface area contributed by atoms with Crippen molar-refractivity contribution < 1.29 is 0 Å². The maximum Gasteiger partial charge on any atom is 0.0318 e. The highest BCUT2D eigenvalue weighted by Gasteiger charge is 2.03. The summed E-state index contributed by atoms with van der Waals surface area (Å²) in [6, 6.07) is 0.226. The van der Waals surface area contributed by atoms with Crippen LogP contribution in [0.1, 0.15) is 6.42 Å². The maximum absolute atomic E-state index is 5.65. The number of nitrogens with zero attached hydrogens (tertiary/aromatic N) is 1. The molecule has 2 N–H and O–H groups in total. The van der Waals surface area contributed by atoms with Gasteiger partial charge in [-0.1, -0.05) is 12.2 Å². The quantitative estimate of drug-likeness (QED) is 0.578. The van der Waals surface area contributed by atoms with Crippen molar-refractivity contribution in [3.63, 3.8) is 0 Å². The van der Waals surface area contributed by atoms with Gasteiger partial charge >= 0.3 is 0 Å². The third-order valence-electron chi connectivity index (χ3n) is 1.63. The number of hydrogen-bond donors (Lipinski definition) is 1. The fourth-order valence-corrected chi connectivity index (χ4v) is 0.957. The van der Waals surface area contributed by atoms with Crippen LogP contribution in [-0.4, -0.2) is 25.0 Å². The topological polar surface area (TPSA) is 29.3 Å². The van der Waals surface area contributed by atoms with Gasteiger partial charge in [0.25, 0.3) is 0 Å². The molecule has 0 amide bonds. The first-order valence-electron chi connectivity index (χ1n) is 3.51. The van der Waals surface area contributed by atoms with Crippen molar-refractivity contribution in [3.8, 4) is 0 Å². The standard InChI is InChI=1S/C8H14N2/c1-10(2)8-5-3-7(9)4-6-8/h3,5-7H,4,9H2,1-2H3. The highest BCUT2D eigenvalue weighted by atomic mass is 15.1. The van der Waals surface area contributed by atoms with Crippen molar-refractivity contribution in [1.29, 1.82) is 0 Å². The van der Waals surface area contributed by atoms with Crippen molar-refractivity contribution >= 4 is 0 Å². The molecule has 2 heteroatoms. The second kappa shape index (κ2) is 2.88. The van der Waals surface area contributed by atoms with Crippen molar-refractivity contribution in [1.82, 2.24) is 4.90 Å². The zero-order chi connectivity index (χ0) is 7.56. The molecule has 0 saturated heterocycles. The van der Waals surface area contributed by atoms with Crippen LogP contribution in [0.15, 0.2) is 23.9 Å². The predicted octanol–water partition coefficient (Wildman–Crippen LogP) is 0.719. The van der Waals surface area contributed by atoms with Gasteiger partial charge in [-0.2, -0.15) is 0 Å². The average molecular weight is 138 g/mol. The Balaban J connectivity index is 2.59. The fraction of sp³-hybridized carbons (Fsp3) is 0.500. The van der Waals surface area contributed by atoms with Gasteiger partial charge in [-0.15, -0.1) is 0 Å². The van der Waals surface area contributed by atoms with Crippen molar-refractivity contribution in [2.75, 3.05) is 14.1 Å². The van der Waals surface area contributed by atoms with Gasteiger partial charge in [-0.25, -0.2) is 0 Å². The van der Waals surface area contributed by atoms with Gasteiger partial charge in [0.05, 0.1) is 0 Å². The smallest absolute Gasteiger partial charge is 0.0318 e. The molecule has 1 aliphatic rings. The van der Waals surface area contributed by atoms with Gasteiger partial charge < -0.3 is 10.6 Å². The van der Waals surface area contributed by atoms with Gasteiger partial charge in [-0.05, 0) is 12.5 Å². The summed E-state index contributed by atoms with van der Waals surface area (Å²) in [6.07, 6.45) is 7.22. The van der Waals surface area contributed by atoms with Crippen molar-refractivity contribution in [3.05, 3.63) is 23.9 Å². The molecule has 0 bridgehead atoms. The molecule has 0 aromatic carbocycles. The van der Waals surface area contributed by atoms with E-state index in [1.165, 1.54) is 5.70 Å². The molecule has 0 aromatic rings. The van der Waals surface area contributed by atoms with Crippen LogP contribution in [0.25, 0.3) is 0 Å². The number of likely N-dealkylation sites (N-methyl/N-ethyl adjacent to an activating group) is 1. The fourth-order valence-electron chi connectivity index (χ4n) is 0.957. The number of hydrogen-bond acceptors (Lipinski definition) is 2. The van der Waals surface area contributed by atoms with Crippen LogP contribution in [0.5, 0.6) is 0 Å². The number of allylic oxidation sites excluding steroid dienone is 1. The Kier molecular flexibility index (Phi) is 2.12. The third kappa shape index (κ3) is 1.61. The molecule has 0 spiro atoms. The van der Waals surface area contributed by atoms with Crippen LogP contribution in [0.4, 0.5) is 0 Å². The van der Waals surface area contributed by atoms with Crippen LogP contribution in [0, 0.1) is 0 Å². The van der Waals surface area contributed by atoms with E-state index in [0.717, 1.165) is 6.42 Å². The summed E-state index contributed by atoms with van der Waals surface area (Å²) >= 11 is 0. The molecule has 0 radical (unpaired) electrons. The molecule has 1 aliphatic carbocycles. The Hall–Kier alpha value is -0.760. The molecule has 1 atom stereocenters. The lowest BCUT2D eigenvalue weighted by Gasteiger charge is -2.18. The molecular weight excluding hydrogens is 124 g/mol. The summed E-state index contributed by atoms with van der Waals surface area (Å²) in [4.78, 5) is 2.09. The van der Waals surface area contributed by atoms with Gasteiger partial charge in [0.1, 0.15) is 0 Å². The summed E-state index contributed by atoms with van der Waals surface area (Å²) in [7, 11) is 4.07. The van der Waals surface area contributed by atoms with E-state index in [9.17, 15) is 0 Å². The lowest BCUT2D eigenvalue weighted by Crippen LogP contribution is -2.20. The van der Waals surface area contributed by atoms with E-state index in [1.807, 2.05) is 20.2 Å². The minimum absolute atomic E-state index is 0.226. The molecule has 56 valence electrons. The second-order valence-electron chi connectivity index (χ2n) is 2.78. The van der Waals surface area contributed by atoms with E-state index in [0.29, 0.717) is 0 Å². The van der Waals surface area contributed by atoms with E-state index in [-0.39, 0.29) is 6.04 Å². The zero-order valence-corrected chi connectivity index (χ0v) is 6.54. The maximum atomic E-state index is 5.65. The normalized spacial score (nSPS) is 24.3. The zero-order valence-electron chi connectivity index (χ0n) is 6.54. The first-order chi connectivity index (χ1) is 4.70. The molecule has 0 fully saturated rings. The van der Waals surface area contributed by atoms with Crippen LogP contribution < -0.4 is 5.73 Å². The van der Waals surface area contributed by atoms with E-state index in [4.69, 9.17) is 5.73 Å². The summed E-state index contributed by atoms with van der Waals surface area (Å²) in [6.45, 7) is 0. The van der Waals surface area contributed by atoms with E-state index in [1.54, 1.807) is 0 Å². The van der Waals surface area contributed by atoms with E-state index >= 15 is 0 Å². The molecule has 2 nitrogen and oxygen atoms in total. The van der Waals surface area contributed by atoms with Crippen LogP contribution >= 0.6 is 0 Å². The summed E-state index contributed by atoms with van der Waals surface area (Å²) in [5.74, 6) is 0. The van der Waals surface area contributed by atoms with Gasteiger partial charge in [0.15, 0.2) is 0 Å². The molecular formula is C8H14N2. The largest absolute Gasteiger partial charge is 0.378 e. The molecule has 10 heavy (non-hydrogen) atoms. The summed E-state index contributed by atoms with van der Waals surface area (Å²) in [5.41, 5.74) is 6.90. The van der Waals surface area contributed by atoms with Crippen molar-refractivity contribution in [2.24, 2.45) is 5.73 Å². The minimum atomic E-state index is 0.226. The van der Waals surface area contributed by atoms with Gasteiger partial charge in [0.2, 0.25) is 0 Å². The monoisotopic (exact) mass is 138 g/mol. The highest BCUT2D eigenvalue weighted by molar-refractivity contribution is 5.23. The SMILES string of the molecule is CN(C)C1=CCC(N)C=C1. The van der Waals surface area contributed by atoms with Crippen LogP contribution in [0.2, 0.25) is 0 Å². The average Bonchev–Trinajstić information content (AvgIpc) is 1.88. The molecule has 0 saturated carbocycles. The van der Waals surface area contributed by atoms with Crippen LogP contribution in [0.3, 0.4) is 0 Å². The first-order valence-corrected chi connectivity index (χ1v) is 3.51. The first kappa shape index (κ1) is 7.35. The predicted molar refractivity (Wildman–Crippen MR) is 43.5 cm³/mol. The molecule has 1 unspecified atom stereocenters. The second-order valence-corrected chi connectivity index (χ2v) is 2.78. The summed E-state index contributed by atoms with van der Waals surface area (Å²) < 4.78 is 0. The van der Waals surface area contributed by atoms with Gasteiger partial charge in [0, 0.05) is 25.8 Å². The molecule has 0 aliphatic heterocycles. The summed E-state index contributed by atoms with van der Waals surface area (Å²) in [5, 5.41) is 0. The van der Waals surface area contributed by atoms with Crippen molar-refractivity contribution in [2.45, 2.75) is 12.5 Å². The molecule has 0 aromatic heterocycles. The Labute approximate surface area is 62.0 Å². The van der Waals surface area contributed by atoms with E-state index < -0.39 is 0 Å². The lowest BCUT2D eigenvalue weighted by atomic mass is 10.1. The Morgan fingerprint density at radius 3 is 2.70 bits per heavy atom. The lowest BCUT2D eigenvalue weighted by molar-refractivity contribution is 0.521. The third-order valence-corrected chi connectivity index (χ3v) is 1.63.